The van der Waals surface area contributed by atoms with Crippen LogP contribution in [0.5, 0.6) is 0 Å². The molecule has 0 aliphatic carbocycles. The maximum absolute atomic E-state index is 12.9. The topological polar surface area (TPSA) is 40.5 Å². The Morgan fingerprint density at radius 3 is 2.69 bits per heavy atom. The number of halogens is 2. The molecule has 1 aromatic rings. The third-order valence-corrected chi connectivity index (χ3v) is 1.93. The predicted octanol–water partition coefficient (Wildman–Crippen LogP) is 2.19. The molecular formula is C7H6ClFNO2P. The molecule has 1 rings (SSSR count). The Hall–Kier alpha value is -0.700. The molecular weight excluding hydrogens is 216 g/mol. The van der Waals surface area contributed by atoms with Gasteiger partial charge in [0.1, 0.15) is 5.82 Å². The van der Waals surface area contributed by atoms with Crippen LogP contribution in [0.4, 0.5) is 10.1 Å². The molecule has 0 saturated carbocycles. The first-order valence-corrected chi connectivity index (χ1v) is 4.15. The lowest BCUT2D eigenvalue weighted by molar-refractivity contribution is 0.107. The van der Waals surface area contributed by atoms with Crippen molar-refractivity contribution < 1.29 is 14.4 Å². The molecule has 1 N–H and O–H groups in total. The van der Waals surface area contributed by atoms with E-state index < -0.39 is 11.1 Å². The van der Waals surface area contributed by atoms with E-state index in [1.807, 2.05) is 9.39 Å². The van der Waals surface area contributed by atoms with Gasteiger partial charge in [0.15, 0.2) is 0 Å². The zero-order chi connectivity index (χ0) is 10.0. The van der Waals surface area contributed by atoms with Crippen LogP contribution in [0.3, 0.4) is 0 Å². The summed E-state index contributed by atoms with van der Waals surface area (Å²) in [5, 5.41) is 8.04. The molecule has 0 bridgehead atoms. The Labute approximate surface area is 81.3 Å². The van der Waals surface area contributed by atoms with E-state index in [1.165, 1.54) is 6.07 Å². The second-order valence-electron chi connectivity index (χ2n) is 2.28. The van der Waals surface area contributed by atoms with Crippen LogP contribution < -0.4 is 4.83 Å². The summed E-state index contributed by atoms with van der Waals surface area (Å²) in [6.45, 7) is 0. The smallest absolute Gasteiger partial charge is 0.255 e. The van der Waals surface area contributed by atoms with Gasteiger partial charge in [0.05, 0.1) is 11.3 Å². The summed E-state index contributed by atoms with van der Waals surface area (Å²) in [7, 11) is 1.95. The van der Waals surface area contributed by atoms with Gasteiger partial charge in [-0.25, -0.2) is 9.22 Å². The highest BCUT2D eigenvalue weighted by molar-refractivity contribution is 7.18. The average molecular weight is 222 g/mol. The van der Waals surface area contributed by atoms with Crippen molar-refractivity contribution in [3.05, 3.63) is 29.6 Å². The number of hydrogen-bond donors (Lipinski definition) is 1. The molecule has 0 radical (unpaired) electrons. The molecule has 3 nitrogen and oxygen atoms in total. The molecule has 0 aliphatic rings. The summed E-state index contributed by atoms with van der Waals surface area (Å²) in [5.41, 5.74) is -0.00364. The molecule has 0 fully saturated rings. The van der Waals surface area contributed by atoms with Gasteiger partial charge in [-0.3, -0.25) is 10.0 Å². The number of hydrogen-bond acceptors (Lipinski definition) is 3. The first-order valence-electron chi connectivity index (χ1n) is 3.25. The van der Waals surface area contributed by atoms with Crippen LogP contribution in [-0.2, 0) is 0 Å². The molecule has 1 aromatic carbocycles. The SMILES string of the molecule is O=C(Cl)c1cc(N(O)P)ccc1F. The Bertz CT molecular complexity index is 345. The van der Waals surface area contributed by atoms with E-state index in [0.29, 0.717) is 4.83 Å². The Kier molecular flexibility index (Phi) is 3.20. The average Bonchev–Trinajstić information content (AvgIpc) is 2.04. The van der Waals surface area contributed by atoms with Crippen LogP contribution in [0.25, 0.3) is 0 Å². The van der Waals surface area contributed by atoms with Crippen LogP contribution in [0.15, 0.2) is 18.2 Å². The zero-order valence-electron chi connectivity index (χ0n) is 6.37. The van der Waals surface area contributed by atoms with Crippen LogP contribution in [0.1, 0.15) is 10.4 Å². The van der Waals surface area contributed by atoms with Crippen molar-refractivity contribution in [3.8, 4) is 0 Å². The van der Waals surface area contributed by atoms with Crippen LogP contribution in [-0.4, -0.2) is 10.4 Å². The summed E-state index contributed by atoms with van der Waals surface area (Å²) in [4.78, 5) is 11.3. The second-order valence-corrected chi connectivity index (χ2v) is 3.11. The third-order valence-electron chi connectivity index (χ3n) is 1.43. The predicted molar refractivity (Wildman–Crippen MR) is 50.6 cm³/mol. The van der Waals surface area contributed by atoms with E-state index in [9.17, 15) is 9.18 Å². The van der Waals surface area contributed by atoms with Crippen molar-refractivity contribution in [3.63, 3.8) is 0 Å². The number of nitrogens with zero attached hydrogens (tertiary/aromatic N) is 1. The van der Waals surface area contributed by atoms with Crippen LogP contribution in [0, 0.1) is 5.82 Å². The largest absolute Gasteiger partial charge is 0.286 e. The standard InChI is InChI=1S/C7H6ClFNO2P/c8-7(11)5-3-4(10(12)13)1-2-6(5)9/h1-3,12H,13H2. The summed E-state index contributed by atoms with van der Waals surface area (Å²) in [5.74, 6) is -0.712. The number of carbonyl (C=O) groups excluding carboxylic acids is 1. The molecule has 0 heterocycles. The van der Waals surface area contributed by atoms with Gasteiger partial charge in [0.25, 0.3) is 5.24 Å². The van der Waals surface area contributed by atoms with Gasteiger partial charge >= 0.3 is 0 Å². The third kappa shape index (κ3) is 2.37. The molecule has 1 unspecified atom stereocenters. The lowest BCUT2D eigenvalue weighted by Crippen LogP contribution is -2.03. The minimum atomic E-state index is -0.897. The number of carbonyl (C=O) groups is 1. The normalized spacial score (nSPS) is 9.85. The van der Waals surface area contributed by atoms with Crippen molar-refractivity contribution in [2.75, 3.05) is 4.83 Å². The number of benzene rings is 1. The Morgan fingerprint density at radius 1 is 1.62 bits per heavy atom. The fourth-order valence-corrected chi connectivity index (χ4v) is 1.11. The summed E-state index contributed by atoms with van der Waals surface area (Å²) in [6, 6.07) is 3.52. The van der Waals surface area contributed by atoms with Crippen molar-refractivity contribution in [1.29, 1.82) is 0 Å². The molecule has 70 valence electrons. The van der Waals surface area contributed by atoms with Gasteiger partial charge in [0, 0.05) is 0 Å². The molecule has 0 aliphatic heterocycles. The first-order chi connectivity index (χ1) is 6.02. The lowest BCUT2D eigenvalue weighted by Gasteiger charge is -2.10. The first kappa shape index (κ1) is 10.4. The summed E-state index contributed by atoms with van der Waals surface area (Å²) in [6.07, 6.45) is 0. The maximum Gasteiger partial charge on any atom is 0.255 e. The molecule has 13 heavy (non-hydrogen) atoms. The zero-order valence-corrected chi connectivity index (χ0v) is 8.28. The van der Waals surface area contributed by atoms with E-state index in [2.05, 4.69) is 0 Å². The number of anilines is 1. The van der Waals surface area contributed by atoms with E-state index >= 15 is 0 Å². The number of rotatable bonds is 2. The van der Waals surface area contributed by atoms with Gasteiger partial charge < -0.3 is 0 Å². The van der Waals surface area contributed by atoms with Gasteiger partial charge in [-0.15, -0.1) is 0 Å². The fraction of sp³-hybridized carbons (Fsp3) is 0. The van der Waals surface area contributed by atoms with Crippen LogP contribution in [0.2, 0.25) is 0 Å². The van der Waals surface area contributed by atoms with Gasteiger partial charge in [-0.05, 0) is 39.2 Å². The van der Waals surface area contributed by atoms with Crippen molar-refractivity contribution in [1.82, 2.24) is 0 Å². The fourth-order valence-electron chi connectivity index (χ4n) is 0.806. The Morgan fingerprint density at radius 2 is 2.23 bits per heavy atom. The van der Waals surface area contributed by atoms with E-state index in [0.717, 1.165) is 12.1 Å². The van der Waals surface area contributed by atoms with Crippen LogP contribution >= 0.6 is 21.0 Å². The molecule has 0 saturated heterocycles. The van der Waals surface area contributed by atoms with Crippen molar-refractivity contribution in [2.24, 2.45) is 0 Å². The van der Waals surface area contributed by atoms with Gasteiger partial charge in [-0.2, -0.15) is 0 Å². The minimum Gasteiger partial charge on any atom is -0.286 e. The monoisotopic (exact) mass is 221 g/mol. The Balaban J connectivity index is 3.19. The second kappa shape index (κ2) is 4.01. The highest BCUT2D eigenvalue weighted by Crippen LogP contribution is 2.20. The minimum absolute atomic E-state index is 0.260. The summed E-state index contributed by atoms with van der Waals surface area (Å²) < 4.78 is 12.9. The molecule has 1 atom stereocenters. The molecule has 6 heteroatoms. The van der Waals surface area contributed by atoms with Crippen molar-refractivity contribution in [2.45, 2.75) is 0 Å². The maximum atomic E-state index is 12.9. The highest BCUT2D eigenvalue weighted by Gasteiger charge is 2.10. The quantitative estimate of drug-likeness (QED) is 0.473. The van der Waals surface area contributed by atoms with E-state index in [-0.39, 0.29) is 11.3 Å². The van der Waals surface area contributed by atoms with Crippen molar-refractivity contribution >= 4 is 31.9 Å². The van der Waals surface area contributed by atoms with Gasteiger partial charge in [0.2, 0.25) is 0 Å². The van der Waals surface area contributed by atoms with Gasteiger partial charge in [-0.1, -0.05) is 0 Å². The van der Waals surface area contributed by atoms with E-state index in [1.54, 1.807) is 0 Å². The summed E-state index contributed by atoms with van der Waals surface area (Å²) >= 11 is 5.10. The molecule has 0 spiro atoms. The van der Waals surface area contributed by atoms with E-state index in [4.69, 9.17) is 16.8 Å². The molecule has 0 aromatic heterocycles. The highest BCUT2D eigenvalue weighted by atomic mass is 35.5. The molecule has 0 amide bonds. The lowest BCUT2D eigenvalue weighted by atomic mass is 10.2.